The number of carboxylic acid groups (broad SMARTS) is 1. The van der Waals surface area contributed by atoms with Crippen LogP contribution in [0.2, 0.25) is 0 Å². The summed E-state index contributed by atoms with van der Waals surface area (Å²) in [6, 6.07) is 7.23. The molecule has 0 radical (unpaired) electrons. The van der Waals surface area contributed by atoms with Gasteiger partial charge in [0, 0.05) is 18.9 Å². The zero-order chi connectivity index (χ0) is 18.0. The molecule has 0 spiro atoms. The lowest BCUT2D eigenvalue weighted by molar-refractivity contribution is -0.143. The van der Waals surface area contributed by atoms with Gasteiger partial charge in [0.05, 0.1) is 11.6 Å². The molecular weight excluding hydrogens is 333 g/mol. The lowest BCUT2D eigenvalue weighted by atomic mass is 9.95. The van der Waals surface area contributed by atoms with E-state index in [1.165, 1.54) is 6.07 Å². The van der Waals surface area contributed by atoms with Crippen LogP contribution in [-0.4, -0.2) is 33.5 Å². The number of rotatable bonds is 4. The van der Waals surface area contributed by atoms with Crippen molar-refractivity contribution in [3.05, 3.63) is 65.5 Å². The summed E-state index contributed by atoms with van der Waals surface area (Å²) in [4.78, 5) is 17.3. The summed E-state index contributed by atoms with van der Waals surface area (Å²) in [5, 5.41) is 9.48. The number of alkyl halides is 3. The predicted octanol–water partition coefficient (Wildman–Crippen LogP) is 3.74. The molecule has 1 aromatic carbocycles. The Labute approximate surface area is 142 Å². The fraction of sp³-hybridized carbons (Fsp3) is 0.333. The van der Waals surface area contributed by atoms with Gasteiger partial charge >= 0.3 is 12.1 Å². The first-order valence-corrected chi connectivity index (χ1v) is 7.93. The van der Waals surface area contributed by atoms with Crippen molar-refractivity contribution in [2.75, 3.05) is 6.54 Å². The average molecular weight is 350 g/mol. The summed E-state index contributed by atoms with van der Waals surface area (Å²) in [7, 11) is 0. The lowest BCUT2D eigenvalue weighted by Crippen LogP contribution is -2.39. The summed E-state index contributed by atoms with van der Waals surface area (Å²) in [6.45, 7) is 0.514. The minimum Gasteiger partial charge on any atom is -0.480 e. The normalized spacial score (nSPS) is 19.7. The molecule has 1 N–H and O–H groups in total. The molecule has 1 aliphatic heterocycles. The molecule has 2 unspecified atom stereocenters. The fourth-order valence-electron chi connectivity index (χ4n) is 3.37. The van der Waals surface area contributed by atoms with E-state index in [-0.39, 0.29) is 0 Å². The van der Waals surface area contributed by atoms with Gasteiger partial charge in [-0.1, -0.05) is 12.1 Å². The second kappa shape index (κ2) is 6.84. The lowest BCUT2D eigenvalue weighted by Gasteiger charge is -2.32. The Morgan fingerprint density at radius 2 is 1.92 bits per heavy atom. The molecule has 132 valence electrons. The van der Waals surface area contributed by atoms with Crippen LogP contribution in [0.1, 0.15) is 35.6 Å². The Morgan fingerprint density at radius 3 is 2.56 bits per heavy atom. The standard InChI is InChI=1S/C18H17F3N2O2/c19-18(20,21)14-4-1-3-13(11-14)16(12-6-8-22-9-7-12)23-10-2-5-15(23)17(24)25/h1,3-4,6-9,11,15-16H,2,5,10H2,(H,24,25). The number of nitrogens with zero attached hydrogens (tertiary/aromatic N) is 2. The SMILES string of the molecule is O=C(O)C1CCCN1C(c1ccncc1)c1cccc(C(F)(F)F)c1. The quantitative estimate of drug-likeness (QED) is 0.913. The van der Waals surface area contributed by atoms with Crippen LogP contribution >= 0.6 is 0 Å². The molecule has 0 aliphatic carbocycles. The van der Waals surface area contributed by atoms with Crippen LogP contribution in [0.25, 0.3) is 0 Å². The van der Waals surface area contributed by atoms with Crippen LogP contribution in [0, 0.1) is 0 Å². The van der Waals surface area contributed by atoms with Gasteiger partial charge < -0.3 is 5.11 Å². The molecule has 3 rings (SSSR count). The van der Waals surface area contributed by atoms with Gasteiger partial charge in [-0.2, -0.15) is 13.2 Å². The number of halogens is 3. The number of likely N-dealkylation sites (tertiary alicyclic amines) is 1. The van der Waals surface area contributed by atoms with Crippen molar-refractivity contribution in [1.29, 1.82) is 0 Å². The van der Waals surface area contributed by atoms with E-state index >= 15 is 0 Å². The molecule has 2 heterocycles. The van der Waals surface area contributed by atoms with Crippen LogP contribution in [0.4, 0.5) is 13.2 Å². The van der Waals surface area contributed by atoms with Gasteiger partial charge in [-0.3, -0.25) is 14.7 Å². The number of hydrogen-bond acceptors (Lipinski definition) is 3. The first-order chi connectivity index (χ1) is 11.9. The molecule has 7 heteroatoms. The molecule has 4 nitrogen and oxygen atoms in total. The van der Waals surface area contributed by atoms with Crippen molar-refractivity contribution < 1.29 is 23.1 Å². The van der Waals surface area contributed by atoms with E-state index in [4.69, 9.17) is 0 Å². The van der Waals surface area contributed by atoms with Gasteiger partial charge in [-0.05, 0) is 48.2 Å². The molecular formula is C18H17F3N2O2. The average Bonchev–Trinajstić information content (AvgIpc) is 3.05. The molecule has 25 heavy (non-hydrogen) atoms. The molecule has 1 fully saturated rings. The van der Waals surface area contributed by atoms with E-state index in [0.29, 0.717) is 24.9 Å². The van der Waals surface area contributed by atoms with Crippen molar-refractivity contribution in [2.24, 2.45) is 0 Å². The second-order valence-electron chi connectivity index (χ2n) is 6.04. The zero-order valence-corrected chi connectivity index (χ0v) is 13.3. The van der Waals surface area contributed by atoms with Crippen LogP contribution in [0.5, 0.6) is 0 Å². The maximum atomic E-state index is 13.1. The third kappa shape index (κ3) is 3.66. The van der Waals surface area contributed by atoms with Gasteiger partial charge in [0.25, 0.3) is 0 Å². The first-order valence-electron chi connectivity index (χ1n) is 7.93. The largest absolute Gasteiger partial charge is 0.480 e. The number of pyridine rings is 1. The molecule has 2 atom stereocenters. The fourth-order valence-corrected chi connectivity index (χ4v) is 3.37. The number of hydrogen-bond donors (Lipinski definition) is 1. The van der Waals surface area contributed by atoms with Crippen LogP contribution in [0.15, 0.2) is 48.8 Å². The highest BCUT2D eigenvalue weighted by Gasteiger charge is 2.38. The van der Waals surface area contributed by atoms with E-state index in [1.807, 2.05) is 0 Å². The Hall–Kier alpha value is -2.41. The van der Waals surface area contributed by atoms with Crippen molar-refractivity contribution in [3.8, 4) is 0 Å². The highest BCUT2D eigenvalue weighted by Crippen LogP contribution is 2.37. The van der Waals surface area contributed by atoms with E-state index < -0.39 is 29.8 Å². The Bertz CT molecular complexity index is 749. The Kier molecular flexibility index (Phi) is 4.76. The monoisotopic (exact) mass is 350 g/mol. The van der Waals surface area contributed by atoms with Crippen molar-refractivity contribution in [3.63, 3.8) is 0 Å². The molecule has 0 amide bonds. The first kappa shape index (κ1) is 17.4. The topological polar surface area (TPSA) is 53.4 Å². The predicted molar refractivity (Wildman–Crippen MR) is 84.9 cm³/mol. The van der Waals surface area contributed by atoms with Crippen LogP contribution in [0.3, 0.4) is 0 Å². The Morgan fingerprint density at radius 1 is 1.20 bits per heavy atom. The van der Waals surface area contributed by atoms with E-state index in [0.717, 1.165) is 17.7 Å². The molecule has 1 aliphatic rings. The van der Waals surface area contributed by atoms with Gasteiger partial charge in [-0.25, -0.2) is 0 Å². The number of aliphatic carboxylic acids is 1. The highest BCUT2D eigenvalue weighted by atomic mass is 19.4. The van der Waals surface area contributed by atoms with Gasteiger partial charge in [0.2, 0.25) is 0 Å². The Balaban J connectivity index is 2.08. The summed E-state index contributed by atoms with van der Waals surface area (Å²) < 4.78 is 39.3. The summed E-state index contributed by atoms with van der Waals surface area (Å²) >= 11 is 0. The summed E-state index contributed by atoms with van der Waals surface area (Å²) in [6.07, 6.45) is -0.160. The van der Waals surface area contributed by atoms with Crippen LogP contribution in [-0.2, 0) is 11.0 Å². The van der Waals surface area contributed by atoms with E-state index in [9.17, 15) is 23.1 Å². The third-order valence-corrected chi connectivity index (χ3v) is 4.46. The third-order valence-electron chi connectivity index (χ3n) is 4.46. The number of aromatic nitrogens is 1. The minimum absolute atomic E-state index is 0.425. The van der Waals surface area contributed by atoms with Crippen molar-refractivity contribution >= 4 is 5.97 Å². The van der Waals surface area contributed by atoms with Crippen molar-refractivity contribution in [2.45, 2.75) is 31.1 Å². The van der Waals surface area contributed by atoms with E-state index in [1.54, 1.807) is 35.5 Å². The maximum Gasteiger partial charge on any atom is 0.416 e. The van der Waals surface area contributed by atoms with Crippen molar-refractivity contribution in [1.82, 2.24) is 9.88 Å². The molecule has 0 bridgehead atoms. The molecule has 0 saturated carbocycles. The maximum absolute atomic E-state index is 13.1. The summed E-state index contributed by atoms with van der Waals surface area (Å²) in [5.74, 6) is -0.955. The van der Waals surface area contributed by atoms with Gasteiger partial charge in [-0.15, -0.1) is 0 Å². The van der Waals surface area contributed by atoms with Crippen LogP contribution < -0.4 is 0 Å². The zero-order valence-electron chi connectivity index (χ0n) is 13.3. The molecule has 1 aromatic heterocycles. The molecule has 2 aromatic rings. The number of carboxylic acids is 1. The summed E-state index contributed by atoms with van der Waals surface area (Å²) in [5.41, 5.74) is 0.409. The minimum atomic E-state index is -4.45. The molecule has 1 saturated heterocycles. The van der Waals surface area contributed by atoms with E-state index in [2.05, 4.69) is 4.98 Å². The number of benzene rings is 1. The van der Waals surface area contributed by atoms with Gasteiger partial charge in [0.1, 0.15) is 6.04 Å². The smallest absolute Gasteiger partial charge is 0.416 e. The highest BCUT2D eigenvalue weighted by molar-refractivity contribution is 5.74. The van der Waals surface area contributed by atoms with Gasteiger partial charge in [0.15, 0.2) is 0 Å². The number of carbonyl (C=O) groups is 1. The second-order valence-corrected chi connectivity index (χ2v) is 6.04.